The monoisotopic (exact) mass is 275 g/mol. The first-order valence-corrected chi connectivity index (χ1v) is 6.34. The van der Waals surface area contributed by atoms with Crippen molar-refractivity contribution in [1.29, 1.82) is 0 Å². The first kappa shape index (κ1) is 13.6. The Balaban J connectivity index is 2.13. The molecule has 1 aromatic heterocycles. The number of aryl methyl sites for hydroxylation is 1. The van der Waals surface area contributed by atoms with Crippen molar-refractivity contribution < 1.29 is 9.53 Å². The van der Waals surface area contributed by atoms with Crippen molar-refractivity contribution in [3.63, 3.8) is 0 Å². The number of halogens is 1. The minimum Gasteiger partial charge on any atom is -0.454 e. The molecule has 1 heterocycles. The predicted octanol–water partition coefficient (Wildman–Crippen LogP) is 3.96. The molecule has 0 spiro atoms. The molecule has 1 atom stereocenters. The Labute approximate surface area is 117 Å². The normalized spacial score (nSPS) is 11.9. The lowest BCUT2D eigenvalue weighted by Crippen LogP contribution is -2.10. The molecule has 0 saturated heterocycles. The summed E-state index contributed by atoms with van der Waals surface area (Å²) < 4.78 is 5.38. The molecule has 19 heavy (non-hydrogen) atoms. The Hall–Kier alpha value is -1.87. The topological polar surface area (TPSA) is 39.2 Å². The lowest BCUT2D eigenvalue weighted by Gasteiger charge is -2.14. The average Bonchev–Trinajstić information content (AvgIpc) is 2.39. The van der Waals surface area contributed by atoms with Gasteiger partial charge in [-0.1, -0.05) is 41.9 Å². The summed E-state index contributed by atoms with van der Waals surface area (Å²) in [7, 11) is 0. The second-order valence-corrected chi connectivity index (χ2v) is 4.67. The van der Waals surface area contributed by atoms with Crippen LogP contribution in [0.1, 0.15) is 34.6 Å². The van der Waals surface area contributed by atoms with E-state index in [-0.39, 0.29) is 11.7 Å². The van der Waals surface area contributed by atoms with E-state index in [4.69, 9.17) is 16.3 Å². The predicted molar refractivity (Wildman–Crippen MR) is 74.3 cm³/mol. The molecule has 0 amide bonds. The van der Waals surface area contributed by atoms with Gasteiger partial charge >= 0.3 is 5.97 Å². The van der Waals surface area contributed by atoms with Crippen molar-refractivity contribution in [2.24, 2.45) is 0 Å². The minimum absolute atomic E-state index is 0.287. The number of benzene rings is 1. The van der Waals surface area contributed by atoms with Crippen LogP contribution in [0.3, 0.4) is 0 Å². The molecule has 1 aromatic carbocycles. The van der Waals surface area contributed by atoms with Gasteiger partial charge in [-0.05, 0) is 25.5 Å². The molecule has 0 fully saturated rings. The number of carbonyl (C=O) groups excluding carboxylic acids is 1. The molecular weight excluding hydrogens is 262 g/mol. The van der Waals surface area contributed by atoms with Crippen LogP contribution in [0, 0.1) is 6.92 Å². The molecule has 0 bridgehead atoms. The van der Waals surface area contributed by atoms with Gasteiger partial charge in [0.2, 0.25) is 0 Å². The van der Waals surface area contributed by atoms with Crippen LogP contribution in [-0.4, -0.2) is 11.0 Å². The van der Waals surface area contributed by atoms with Gasteiger partial charge in [0.1, 0.15) is 6.10 Å². The number of carbonyl (C=O) groups is 1. The number of rotatable bonds is 3. The van der Waals surface area contributed by atoms with Gasteiger partial charge in [0.15, 0.2) is 0 Å². The summed E-state index contributed by atoms with van der Waals surface area (Å²) in [6, 6.07) is 11.2. The van der Waals surface area contributed by atoms with Crippen LogP contribution >= 0.6 is 11.6 Å². The highest BCUT2D eigenvalue weighted by molar-refractivity contribution is 6.33. The molecule has 3 nitrogen and oxygen atoms in total. The zero-order valence-electron chi connectivity index (χ0n) is 10.8. The second-order valence-electron chi connectivity index (χ2n) is 4.26. The molecule has 0 radical (unpaired) electrons. The van der Waals surface area contributed by atoms with Crippen LogP contribution < -0.4 is 0 Å². The fourth-order valence-electron chi connectivity index (χ4n) is 1.69. The van der Waals surface area contributed by atoms with Crippen molar-refractivity contribution in [1.82, 2.24) is 4.98 Å². The molecule has 2 aromatic rings. The summed E-state index contributed by atoms with van der Waals surface area (Å²) >= 11 is 6.01. The van der Waals surface area contributed by atoms with Crippen LogP contribution in [0.2, 0.25) is 5.02 Å². The van der Waals surface area contributed by atoms with E-state index in [2.05, 4.69) is 4.98 Å². The van der Waals surface area contributed by atoms with Crippen LogP contribution in [0.4, 0.5) is 0 Å². The lowest BCUT2D eigenvalue weighted by atomic mass is 10.1. The Bertz CT molecular complexity index is 584. The zero-order chi connectivity index (χ0) is 13.8. The van der Waals surface area contributed by atoms with Gasteiger partial charge < -0.3 is 4.74 Å². The van der Waals surface area contributed by atoms with Crippen molar-refractivity contribution in [2.45, 2.75) is 20.0 Å². The number of nitrogens with zero attached hydrogens (tertiary/aromatic N) is 1. The fourth-order valence-corrected chi connectivity index (χ4v) is 1.98. The molecule has 0 aliphatic carbocycles. The van der Waals surface area contributed by atoms with Crippen LogP contribution in [0.5, 0.6) is 0 Å². The van der Waals surface area contributed by atoms with Crippen LogP contribution in [-0.2, 0) is 4.74 Å². The first-order valence-electron chi connectivity index (χ1n) is 5.96. The standard InChI is InChI=1S/C15H14ClNO2/c1-10-8-14(16)13(9-17-10)15(18)19-11(2)12-6-4-3-5-7-12/h3-9,11H,1-2H3. The smallest absolute Gasteiger partial charge is 0.341 e. The molecule has 2 rings (SSSR count). The van der Waals surface area contributed by atoms with Gasteiger partial charge in [-0.3, -0.25) is 4.98 Å². The summed E-state index contributed by atoms with van der Waals surface area (Å²) in [5.74, 6) is -0.464. The molecule has 4 heteroatoms. The summed E-state index contributed by atoms with van der Waals surface area (Å²) in [5, 5.41) is 0.359. The van der Waals surface area contributed by atoms with Crippen molar-refractivity contribution in [2.75, 3.05) is 0 Å². The molecule has 1 unspecified atom stereocenters. The molecule has 0 aliphatic rings. The maximum absolute atomic E-state index is 12.0. The first-order chi connectivity index (χ1) is 9.08. The highest BCUT2D eigenvalue weighted by Crippen LogP contribution is 2.21. The van der Waals surface area contributed by atoms with Crippen molar-refractivity contribution in [3.8, 4) is 0 Å². The average molecular weight is 276 g/mol. The number of hydrogen-bond donors (Lipinski definition) is 0. The number of pyridine rings is 1. The van der Waals surface area contributed by atoms with Crippen LogP contribution in [0.15, 0.2) is 42.6 Å². The van der Waals surface area contributed by atoms with Crippen molar-refractivity contribution >= 4 is 17.6 Å². The zero-order valence-corrected chi connectivity index (χ0v) is 11.5. The number of aromatic nitrogens is 1. The molecule has 0 aliphatic heterocycles. The number of ether oxygens (including phenoxy) is 1. The van der Waals surface area contributed by atoms with Gasteiger partial charge in [0, 0.05) is 11.9 Å². The van der Waals surface area contributed by atoms with Gasteiger partial charge in [-0.2, -0.15) is 0 Å². The summed E-state index contributed by atoms with van der Waals surface area (Å²) in [4.78, 5) is 16.1. The highest BCUT2D eigenvalue weighted by Gasteiger charge is 2.16. The van der Waals surface area contributed by atoms with E-state index in [1.165, 1.54) is 6.20 Å². The SMILES string of the molecule is Cc1cc(Cl)c(C(=O)OC(C)c2ccccc2)cn1. The summed E-state index contributed by atoms with van der Waals surface area (Å²) in [6.07, 6.45) is 1.11. The largest absolute Gasteiger partial charge is 0.454 e. The Morgan fingerprint density at radius 3 is 2.63 bits per heavy atom. The maximum Gasteiger partial charge on any atom is 0.341 e. The summed E-state index contributed by atoms with van der Waals surface area (Å²) in [5.41, 5.74) is 1.99. The second kappa shape index (κ2) is 5.85. The van der Waals surface area contributed by atoms with E-state index < -0.39 is 5.97 Å². The molecule has 0 N–H and O–H groups in total. The van der Waals surface area contributed by atoms with Gasteiger partial charge in [0.25, 0.3) is 0 Å². The van der Waals surface area contributed by atoms with Crippen molar-refractivity contribution in [3.05, 3.63) is 64.4 Å². The molecule has 98 valence electrons. The highest BCUT2D eigenvalue weighted by atomic mass is 35.5. The third-order valence-electron chi connectivity index (χ3n) is 2.76. The summed E-state index contributed by atoms with van der Waals surface area (Å²) in [6.45, 7) is 3.64. The Morgan fingerprint density at radius 1 is 1.32 bits per heavy atom. The number of hydrogen-bond acceptors (Lipinski definition) is 3. The van der Waals surface area contributed by atoms with Gasteiger partial charge in [-0.15, -0.1) is 0 Å². The van der Waals surface area contributed by atoms with E-state index in [1.54, 1.807) is 6.07 Å². The third-order valence-corrected chi connectivity index (χ3v) is 3.08. The minimum atomic E-state index is -0.464. The number of esters is 1. The Morgan fingerprint density at radius 2 is 2.00 bits per heavy atom. The van der Waals surface area contributed by atoms with Gasteiger partial charge in [-0.25, -0.2) is 4.79 Å². The third kappa shape index (κ3) is 3.32. The van der Waals surface area contributed by atoms with Crippen LogP contribution in [0.25, 0.3) is 0 Å². The Kier molecular flexibility index (Phi) is 4.17. The lowest BCUT2D eigenvalue weighted by molar-refractivity contribution is 0.0337. The van der Waals surface area contributed by atoms with E-state index in [0.717, 1.165) is 11.3 Å². The van der Waals surface area contributed by atoms with E-state index >= 15 is 0 Å². The maximum atomic E-state index is 12.0. The van der Waals surface area contributed by atoms with E-state index in [0.29, 0.717) is 5.02 Å². The molecular formula is C15H14ClNO2. The molecule has 0 saturated carbocycles. The fraction of sp³-hybridized carbons (Fsp3) is 0.200. The van der Waals surface area contributed by atoms with E-state index in [1.807, 2.05) is 44.2 Å². The van der Waals surface area contributed by atoms with Gasteiger partial charge in [0.05, 0.1) is 10.6 Å². The quantitative estimate of drug-likeness (QED) is 0.796. The van der Waals surface area contributed by atoms with E-state index in [9.17, 15) is 4.79 Å².